The molecule has 6 heteroatoms. The molecular formula is C11H20N2O3S. The number of rotatable bonds is 4. The first-order valence-electron chi connectivity index (χ1n) is 5.83. The minimum atomic E-state index is -0.875. The molecule has 5 nitrogen and oxygen atoms in total. The number of carbonyl (C=O) groups excluding carboxylic acids is 1. The highest BCUT2D eigenvalue weighted by Gasteiger charge is 2.32. The number of thioether (sulfide) groups is 1. The van der Waals surface area contributed by atoms with Gasteiger partial charge in [-0.15, -0.1) is 0 Å². The molecule has 0 spiro atoms. The average molecular weight is 260 g/mol. The SMILES string of the molecule is CCC(C)(CNC(=O)N1CCSCC1)C(=O)O. The van der Waals surface area contributed by atoms with E-state index >= 15 is 0 Å². The van der Waals surface area contributed by atoms with Crippen LogP contribution in [0.5, 0.6) is 0 Å². The van der Waals surface area contributed by atoms with Crippen LogP contribution in [0.4, 0.5) is 4.79 Å². The van der Waals surface area contributed by atoms with E-state index in [4.69, 9.17) is 5.11 Å². The highest BCUT2D eigenvalue weighted by atomic mass is 32.2. The van der Waals surface area contributed by atoms with Crippen LogP contribution >= 0.6 is 11.8 Å². The Bertz CT molecular complexity index is 292. The topological polar surface area (TPSA) is 69.6 Å². The quantitative estimate of drug-likeness (QED) is 0.798. The van der Waals surface area contributed by atoms with E-state index in [1.54, 1.807) is 11.8 Å². The van der Waals surface area contributed by atoms with Crippen LogP contribution < -0.4 is 5.32 Å². The summed E-state index contributed by atoms with van der Waals surface area (Å²) in [6.07, 6.45) is 0.498. The number of aliphatic carboxylic acids is 1. The molecule has 0 bridgehead atoms. The Morgan fingerprint density at radius 1 is 1.41 bits per heavy atom. The van der Waals surface area contributed by atoms with Gasteiger partial charge in [0.1, 0.15) is 0 Å². The number of nitrogens with one attached hydrogen (secondary N) is 1. The molecule has 1 heterocycles. The molecule has 1 aliphatic heterocycles. The number of carbonyl (C=O) groups is 2. The van der Waals surface area contributed by atoms with E-state index in [0.29, 0.717) is 6.42 Å². The minimum absolute atomic E-state index is 0.147. The molecule has 1 fully saturated rings. The number of hydrogen-bond donors (Lipinski definition) is 2. The third-order valence-corrected chi connectivity index (χ3v) is 4.17. The predicted molar refractivity (Wildman–Crippen MR) is 68.3 cm³/mol. The molecular weight excluding hydrogens is 240 g/mol. The van der Waals surface area contributed by atoms with Crippen molar-refractivity contribution in [2.75, 3.05) is 31.1 Å². The fraction of sp³-hybridized carbons (Fsp3) is 0.818. The summed E-state index contributed by atoms with van der Waals surface area (Å²) in [6.45, 7) is 5.14. The first kappa shape index (κ1) is 14.2. The molecule has 2 amide bonds. The standard InChI is InChI=1S/C11H20N2O3S/c1-3-11(2,9(14)15)8-12-10(16)13-4-6-17-7-5-13/h3-8H2,1-2H3,(H,12,16)(H,14,15). The van der Waals surface area contributed by atoms with Crippen molar-refractivity contribution < 1.29 is 14.7 Å². The Balaban J connectivity index is 2.43. The zero-order chi connectivity index (χ0) is 12.9. The van der Waals surface area contributed by atoms with Crippen LogP contribution in [-0.2, 0) is 4.79 Å². The van der Waals surface area contributed by atoms with Gasteiger partial charge in [0.05, 0.1) is 5.41 Å². The third kappa shape index (κ3) is 3.80. The van der Waals surface area contributed by atoms with Crippen LogP contribution in [-0.4, -0.2) is 53.1 Å². The van der Waals surface area contributed by atoms with Crippen molar-refractivity contribution in [2.24, 2.45) is 5.41 Å². The average Bonchev–Trinajstić information content (AvgIpc) is 2.36. The molecule has 0 aromatic carbocycles. The molecule has 0 aromatic heterocycles. The lowest BCUT2D eigenvalue weighted by Crippen LogP contribution is -2.48. The van der Waals surface area contributed by atoms with Crippen LogP contribution in [0.2, 0.25) is 0 Å². The van der Waals surface area contributed by atoms with Crippen molar-refractivity contribution in [3.63, 3.8) is 0 Å². The monoisotopic (exact) mass is 260 g/mol. The highest BCUT2D eigenvalue weighted by Crippen LogP contribution is 2.20. The molecule has 98 valence electrons. The minimum Gasteiger partial charge on any atom is -0.481 e. The smallest absolute Gasteiger partial charge is 0.317 e. The Morgan fingerprint density at radius 2 is 2.00 bits per heavy atom. The normalized spacial score (nSPS) is 19.5. The molecule has 2 N–H and O–H groups in total. The van der Waals surface area contributed by atoms with Crippen LogP contribution in [0.3, 0.4) is 0 Å². The summed E-state index contributed by atoms with van der Waals surface area (Å²) in [7, 11) is 0. The van der Waals surface area contributed by atoms with Crippen molar-refractivity contribution >= 4 is 23.8 Å². The largest absolute Gasteiger partial charge is 0.481 e. The van der Waals surface area contributed by atoms with Gasteiger partial charge in [-0.25, -0.2) is 4.79 Å². The van der Waals surface area contributed by atoms with Crippen LogP contribution in [0, 0.1) is 5.41 Å². The van der Waals surface area contributed by atoms with E-state index in [2.05, 4.69) is 5.32 Å². The van der Waals surface area contributed by atoms with Crippen molar-refractivity contribution in [3.8, 4) is 0 Å². The molecule has 1 aliphatic rings. The second-order valence-corrected chi connectivity index (χ2v) is 5.70. The molecule has 1 saturated heterocycles. The van der Waals surface area contributed by atoms with Crippen LogP contribution in [0.25, 0.3) is 0 Å². The van der Waals surface area contributed by atoms with Crippen LogP contribution in [0.15, 0.2) is 0 Å². The van der Waals surface area contributed by atoms with E-state index in [1.807, 2.05) is 18.7 Å². The molecule has 0 aromatic rings. The lowest BCUT2D eigenvalue weighted by molar-refractivity contribution is -0.147. The summed E-state index contributed by atoms with van der Waals surface area (Å²) >= 11 is 1.83. The lowest BCUT2D eigenvalue weighted by atomic mass is 9.88. The fourth-order valence-corrected chi connectivity index (χ4v) is 2.40. The van der Waals surface area contributed by atoms with E-state index < -0.39 is 11.4 Å². The molecule has 17 heavy (non-hydrogen) atoms. The van der Waals surface area contributed by atoms with Gasteiger partial charge in [-0.3, -0.25) is 4.79 Å². The lowest BCUT2D eigenvalue weighted by Gasteiger charge is -2.29. The third-order valence-electron chi connectivity index (χ3n) is 3.22. The van der Waals surface area contributed by atoms with Crippen molar-refractivity contribution in [1.82, 2.24) is 10.2 Å². The number of hydrogen-bond acceptors (Lipinski definition) is 3. The van der Waals surface area contributed by atoms with Gasteiger partial charge in [0.25, 0.3) is 0 Å². The van der Waals surface area contributed by atoms with Gasteiger partial charge in [-0.2, -0.15) is 11.8 Å². The van der Waals surface area contributed by atoms with Crippen LogP contribution in [0.1, 0.15) is 20.3 Å². The second-order valence-electron chi connectivity index (χ2n) is 4.48. The number of carboxylic acid groups (broad SMARTS) is 1. The van der Waals surface area contributed by atoms with Crippen molar-refractivity contribution in [2.45, 2.75) is 20.3 Å². The maximum absolute atomic E-state index is 11.8. The zero-order valence-corrected chi connectivity index (χ0v) is 11.2. The van der Waals surface area contributed by atoms with Gasteiger partial charge in [-0.1, -0.05) is 6.92 Å². The summed E-state index contributed by atoms with van der Waals surface area (Å²) in [6, 6.07) is -0.147. The number of nitrogens with zero attached hydrogens (tertiary/aromatic N) is 1. The van der Waals surface area contributed by atoms with E-state index in [9.17, 15) is 9.59 Å². The summed E-state index contributed by atoms with van der Waals surface area (Å²) in [5.74, 6) is 1.05. The van der Waals surface area contributed by atoms with Gasteiger partial charge in [-0.05, 0) is 13.3 Å². The molecule has 1 rings (SSSR count). The van der Waals surface area contributed by atoms with E-state index in [-0.39, 0.29) is 12.6 Å². The van der Waals surface area contributed by atoms with E-state index in [1.165, 1.54) is 0 Å². The zero-order valence-electron chi connectivity index (χ0n) is 10.4. The van der Waals surface area contributed by atoms with Gasteiger partial charge >= 0.3 is 12.0 Å². The van der Waals surface area contributed by atoms with Crippen molar-refractivity contribution in [3.05, 3.63) is 0 Å². The van der Waals surface area contributed by atoms with Gasteiger partial charge < -0.3 is 15.3 Å². The first-order chi connectivity index (χ1) is 7.99. The summed E-state index contributed by atoms with van der Waals surface area (Å²) < 4.78 is 0. The Hall–Kier alpha value is -0.910. The second kappa shape index (κ2) is 6.14. The summed E-state index contributed by atoms with van der Waals surface area (Å²) in [4.78, 5) is 24.6. The summed E-state index contributed by atoms with van der Waals surface area (Å²) in [5.41, 5.74) is -0.875. The van der Waals surface area contributed by atoms with Gasteiger partial charge in [0.2, 0.25) is 0 Å². The van der Waals surface area contributed by atoms with Gasteiger partial charge in [0.15, 0.2) is 0 Å². The molecule has 0 radical (unpaired) electrons. The Kier molecular flexibility index (Phi) is 5.11. The maximum Gasteiger partial charge on any atom is 0.317 e. The van der Waals surface area contributed by atoms with E-state index in [0.717, 1.165) is 24.6 Å². The van der Waals surface area contributed by atoms with Crippen molar-refractivity contribution in [1.29, 1.82) is 0 Å². The molecule has 1 atom stereocenters. The fourth-order valence-electron chi connectivity index (χ4n) is 1.50. The highest BCUT2D eigenvalue weighted by molar-refractivity contribution is 7.99. The Labute approximate surface area is 106 Å². The molecule has 0 aliphatic carbocycles. The number of amides is 2. The first-order valence-corrected chi connectivity index (χ1v) is 6.99. The maximum atomic E-state index is 11.8. The number of urea groups is 1. The summed E-state index contributed by atoms with van der Waals surface area (Å²) in [5, 5.41) is 11.8. The van der Waals surface area contributed by atoms with Gasteiger partial charge in [0, 0.05) is 31.1 Å². The Morgan fingerprint density at radius 3 is 2.47 bits per heavy atom. The predicted octanol–water partition coefficient (Wildman–Crippen LogP) is 1.25. The number of carboxylic acids is 1. The molecule has 0 saturated carbocycles. The molecule has 1 unspecified atom stereocenters.